The fourth-order valence-corrected chi connectivity index (χ4v) is 1.38. The number of hydrazine groups is 1. The van der Waals surface area contributed by atoms with Gasteiger partial charge in [0.15, 0.2) is 5.11 Å². The van der Waals surface area contributed by atoms with Crippen molar-refractivity contribution in [3.63, 3.8) is 0 Å². The summed E-state index contributed by atoms with van der Waals surface area (Å²) < 4.78 is 8.85. The maximum Gasteiger partial charge on any atom is 0.425 e. The number of methoxy groups -OCH3 is 2. The quantitative estimate of drug-likeness (QED) is 0.411. The summed E-state index contributed by atoms with van der Waals surface area (Å²) in [6, 6.07) is 5.78. The maximum absolute atomic E-state index is 11.8. The van der Waals surface area contributed by atoms with Crippen LogP contribution in [-0.4, -0.2) is 37.3 Å². The summed E-state index contributed by atoms with van der Waals surface area (Å²) in [5, 5.41) is 2.22. The van der Waals surface area contributed by atoms with Crippen LogP contribution in [0, 0.1) is 0 Å². The predicted octanol–water partition coefficient (Wildman–Crippen LogP) is 0.348. The van der Waals surface area contributed by atoms with Gasteiger partial charge < -0.3 is 9.47 Å². The standard InChI is InChI=1S/C12H13N3O5S/c1-19-10(17)8-5-3-7(4-6-8)9(16)13-11(21)14-15-12(18)20-2/h3-6H,1-2H3,(H,15,18)(H2,13,14,16,21). The fraction of sp³-hybridized carbons (Fsp3) is 0.167. The van der Waals surface area contributed by atoms with Gasteiger partial charge in [0, 0.05) is 5.56 Å². The van der Waals surface area contributed by atoms with Crippen molar-refractivity contribution >= 4 is 35.3 Å². The first-order valence-electron chi connectivity index (χ1n) is 5.61. The number of rotatable bonds is 2. The second-order valence-corrected chi connectivity index (χ2v) is 4.00. The van der Waals surface area contributed by atoms with E-state index < -0.39 is 18.0 Å². The molecule has 0 aliphatic heterocycles. The first kappa shape index (κ1) is 16.4. The number of thiocarbonyl (C=S) groups is 1. The first-order valence-corrected chi connectivity index (χ1v) is 6.02. The molecule has 0 aliphatic rings. The minimum Gasteiger partial charge on any atom is -0.465 e. The number of hydrogen-bond donors (Lipinski definition) is 3. The van der Waals surface area contributed by atoms with Gasteiger partial charge in [0.2, 0.25) is 0 Å². The van der Waals surface area contributed by atoms with Crippen LogP contribution >= 0.6 is 12.2 Å². The number of carbonyl (C=O) groups is 3. The average molecular weight is 311 g/mol. The zero-order valence-corrected chi connectivity index (χ0v) is 12.1. The molecule has 21 heavy (non-hydrogen) atoms. The summed E-state index contributed by atoms with van der Waals surface area (Å²) in [5.74, 6) is -1.00. The lowest BCUT2D eigenvalue weighted by Gasteiger charge is -2.09. The summed E-state index contributed by atoms with van der Waals surface area (Å²) in [7, 11) is 2.45. The Morgan fingerprint density at radius 1 is 0.952 bits per heavy atom. The van der Waals surface area contributed by atoms with Crippen LogP contribution in [0.2, 0.25) is 0 Å². The molecule has 3 N–H and O–H groups in total. The summed E-state index contributed by atoms with van der Waals surface area (Å²) in [6.45, 7) is 0. The third-order valence-corrected chi connectivity index (χ3v) is 2.46. The number of hydrogen-bond acceptors (Lipinski definition) is 6. The molecule has 0 saturated carbocycles. The number of esters is 1. The van der Waals surface area contributed by atoms with Gasteiger partial charge in [-0.15, -0.1) is 0 Å². The van der Waals surface area contributed by atoms with Gasteiger partial charge in [-0.25, -0.2) is 15.0 Å². The Morgan fingerprint density at radius 3 is 2.05 bits per heavy atom. The largest absolute Gasteiger partial charge is 0.465 e. The van der Waals surface area contributed by atoms with E-state index in [1.165, 1.54) is 38.5 Å². The van der Waals surface area contributed by atoms with Crippen molar-refractivity contribution in [2.45, 2.75) is 0 Å². The van der Waals surface area contributed by atoms with Crippen LogP contribution in [0.15, 0.2) is 24.3 Å². The van der Waals surface area contributed by atoms with Crippen molar-refractivity contribution in [2.75, 3.05) is 14.2 Å². The highest BCUT2D eigenvalue weighted by molar-refractivity contribution is 7.80. The molecule has 0 aliphatic carbocycles. The van der Waals surface area contributed by atoms with E-state index in [0.29, 0.717) is 5.56 Å². The lowest BCUT2D eigenvalue weighted by Crippen LogP contribution is -2.48. The van der Waals surface area contributed by atoms with Crippen molar-refractivity contribution in [1.29, 1.82) is 0 Å². The monoisotopic (exact) mass is 311 g/mol. The van der Waals surface area contributed by atoms with E-state index in [-0.39, 0.29) is 10.7 Å². The Bertz CT molecular complexity index is 559. The van der Waals surface area contributed by atoms with E-state index in [1.807, 2.05) is 0 Å². The zero-order valence-electron chi connectivity index (χ0n) is 11.3. The molecule has 0 aromatic heterocycles. The van der Waals surface area contributed by atoms with E-state index >= 15 is 0 Å². The fourth-order valence-electron chi connectivity index (χ4n) is 1.24. The van der Waals surface area contributed by atoms with Crippen LogP contribution in [0.5, 0.6) is 0 Å². The third-order valence-electron chi connectivity index (χ3n) is 2.26. The van der Waals surface area contributed by atoms with Gasteiger partial charge in [0.05, 0.1) is 19.8 Å². The molecule has 1 rings (SSSR count). The van der Waals surface area contributed by atoms with Gasteiger partial charge >= 0.3 is 12.1 Å². The van der Waals surface area contributed by atoms with E-state index in [2.05, 4.69) is 25.6 Å². The highest BCUT2D eigenvalue weighted by atomic mass is 32.1. The van der Waals surface area contributed by atoms with E-state index in [4.69, 9.17) is 12.2 Å². The molecule has 2 amide bonds. The van der Waals surface area contributed by atoms with Crippen molar-refractivity contribution in [3.05, 3.63) is 35.4 Å². The summed E-state index contributed by atoms with van der Waals surface area (Å²) >= 11 is 4.80. The second kappa shape index (κ2) is 7.80. The molecule has 0 atom stereocenters. The number of nitrogens with one attached hydrogen (secondary N) is 3. The number of carbonyl (C=O) groups excluding carboxylic acids is 3. The van der Waals surface area contributed by atoms with Crippen LogP contribution in [-0.2, 0) is 9.47 Å². The van der Waals surface area contributed by atoms with Crippen molar-refractivity contribution in [2.24, 2.45) is 0 Å². The van der Waals surface area contributed by atoms with Gasteiger partial charge in [-0.2, -0.15) is 0 Å². The molecule has 1 aromatic rings. The Balaban J connectivity index is 2.57. The van der Waals surface area contributed by atoms with Gasteiger partial charge in [0.1, 0.15) is 0 Å². The molecule has 112 valence electrons. The summed E-state index contributed by atoms with van der Waals surface area (Å²) in [6.07, 6.45) is -0.756. The van der Waals surface area contributed by atoms with Crippen LogP contribution in [0.4, 0.5) is 4.79 Å². The Labute approximate surface area is 125 Å². The minimum absolute atomic E-state index is 0.109. The molecule has 1 aromatic carbocycles. The number of benzene rings is 1. The molecular weight excluding hydrogens is 298 g/mol. The van der Waals surface area contributed by atoms with Crippen LogP contribution in [0.3, 0.4) is 0 Å². The van der Waals surface area contributed by atoms with E-state index in [0.717, 1.165) is 0 Å². The van der Waals surface area contributed by atoms with Crippen LogP contribution in [0.1, 0.15) is 20.7 Å². The second-order valence-electron chi connectivity index (χ2n) is 3.59. The Morgan fingerprint density at radius 2 is 1.52 bits per heavy atom. The van der Waals surface area contributed by atoms with Crippen molar-refractivity contribution in [1.82, 2.24) is 16.2 Å². The summed E-state index contributed by atoms with van der Waals surface area (Å²) in [4.78, 5) is 33.9. The normalized spacial score (nSPS) is 9.24. The molecule has 0 bridgehead atoms. The SMILES string of the molecule is COC(=O)NNC(=S)NC(=O)c1ccc(C(=O)OC)cc1. The smallest absolute Gasteiger partial charge is 0.425 e. The van der Waals surface area contributed by atoms with Gasteiger partial charge in [-0.3, -0.25) is 15.5 Å². The molecular formula is C12H13N3O5S. The Hall–Kier alpha value is -2.68. The van der Waals surface area contributed by atoms with Crippen molar-refractivity contribution in [3.8, 4) is 0 Å². The number of amides is 2. The molecule has 9 heteroatoms. The molecule has 0 fully saturated rings. The topological polar surface area (TPSA) is 106 Å². The molecule has 8 nitrogen and oxygen atoms in total. The molecule has 0 unspecified atom stereocenters. The molecule has 0 spiro atoms. The van der Waals surface area contributed by atoms with Crippen molar-refractivity contribution < 1.29 is 23.9 Å². The molecule has 0 heterocycles. The van der Waals surface area contributed by atoms with E-state index in [1.54, 1.807) is 0 Å². The van der Waals surface area contributed by atoms with Crippen LogP contribution < -0.4 is 16.2 Å². The third kappa shape index (κ3) is 5.07. The molecule has 0 saturated heterocycles. The molecule has 0 radical (unpaired) electrons. The minimum atomic E-state index is -0.756. The predicted molar refractivity (Wildman–Crippen MR) is 76.5 cm³/mol. The van der Waals surface area contributed by atoms with Gasteiger partial charge in [0.25, 0.3) is 5.91 Å². The lowest BCUT2D eigenvalue weighted by atomic mass is 10.1. The highest BCUT2D eigenvalue weighted by Crippen LogP contribution is 2.05. The first-order chi connectivity index (χ1) is 9.97. The van der Waals surface area contributed by atoms with Gasteiger partial charge in [-0.1, -0.05) is 0 Å². The number of ether oxygens (including phenoxy) is 2. The lowest BCUT2D eigenvalue weighted by molar-refractivity contribution is 0.0600. The van der Waals surface area contributed by atoms with Gasteiger partial charge in [-0.05, 0) is 36.5 Å². The van der Waals surface area contributed by atoms with E-state index in [9.17, 15) is 14.4 Å². The van der Waals surface area contributed by atoms with Crippen LogP contribution in [0.25, 0.3) is 0 Å². The highest BCUT2D eigenvalue weighted by Gasteiger charge is 2.10. The Kier molecular flexibility index (Phi) is 6.08. The summed E-state index contributed by atoms with van der Waals surface area (Å²) in [5.41, 5.74) is 4.97. The zero-order chi connectivity index (χ0) is 15.8. The maximum atomic E-state index is 11.8. The average Bonchev–Trinajstić information content (AvgIpc) is 2.51.